The molecule has 0 saturated carbocycles. The van der Waals surface area contributed by atoms with Gasteiger partial charge in [-0.05, 0) is 38.1 Å². The van der Waals surface area contributed by atoms with E-state index in [1.54, 1.807) is 18.3 Å². The van der Waals surface area contributed by atoms with Gasteiger partial charge >= 0.3 is 0 Å². The van der Waals surface area contributed by atoms with E-state index in [0.717, 1.165) is 18.9 Å². The molecule has 1 aromatic heterocycles. The number of amides is 1. The van der Waals surface area contributed by atoms with Gasteiger partial charge in [0.05, 0.1) is 33.2 Å². The summed E-state index contributed by atoms with van der Waals surface area (Å²) in [6.45, 7) is 5.90. The van der Waals surface area contributed by atoms with Crippen LogP contribution in [0.2, 0.25) is 0 Å². The van der Waals surface area contributed by atoms with E-state index in [9.17, 15) is 4.79 Å². The predicted octanol–water partition coefficient (Wildman–Crippen LogP) is 3.21. The van der Waals surface area contributed by atoms with Gasteiger partial charge in [-0.25, -0.2) is 4.98 Å². The number of benzene rings is 1. The molecule has 0 fully saturated rings. The number of aromatic nitrogens is 1. The van der Waals surface area contributed by atoms with Crippen molar-refractivity contribution in [2.45, 2.75) is 13.8 Å². The number of carbonyl (C=O) groups is 1. The maximum Gasteiger partial charge on any atom is 0.255 e. The van der Waals surface area contributed by atoms with Crippen LogP contribution in [0.4, 0.5) is 11.5 Å². The summed E-state index contributed by atoms with van der Waals surface area (Å²) in [6.07, 6.45) is 1.64. The number of rotatable bonds is 8. The lowest BCUT2D eigenvalue weighted by Crippen LogP contribution is -2.22. The predicted molar refractivity (Wildman–Crippen MR) is 102 cm³/mol. The maximum absolute atomic E-state index is 12.6. The van der Waals surface area contributed by atoms with E-state index in [0.29, 0.717) is 28.5 Å². The van der Waals surface area contributed by atoms with Crippen molar-refractivity contribution in [2.24, 2.45) is 0 Å². The van der Waals surface area contributed by atoms with Crippen LogP contribution in [0.15, 0.2) is 30.5 Å². The molecule has 0 unspecified atom stereocenters. The summed E-state index contributed by atoms with van der Waals surface area (Å²) in [5.74, 6) is 1.87. The maximum atomic E-state index is 12.6. The zero-order chi connectivity index (χ0) is 19.1. The summed E-state index contributed by atoms with van der Waals surface area (Å²) in [4.78, 5) is 19.1. The number of ether oxygens (including phenoxy) is 3. The first-order valence-corrected chi connectivity index (χ1v) is 8.40. The van der Waals surface area contributed by atoms with Crippen LogP contribution in [0.5, 0.6) is 17.2 Å². The van der Waals surface area contributed by atoms with Crippen molar-refractivity contribution in [3.05, 3.63) is 36.0 Å². The minimum absolute atomic E-state index is 0.290. The van der Waals surface area contributed by atoms with Gasteiger partial charge in [-0.2, -0.15) is 0 Å². The van der Waals surface area contributed by atoms with E-state index in [-0.39, 0.29) is 5.91 Å². The smallest absolute Gasteiger partial charge is 0.255 e. The quantitative estimate of drug-likeness (QED) is 0.780. The molecule has 0 atom stereocenters. The Hall–Kier alpha value is -2.96. The number of anilines is 2. The van der Waals surface area contributed by atoms with Crippen LogP contribution in [-0.2, 0) is 0 Å². The fraction of sp³-hybridized carbons (Fsp3) is 0.368. The molecule has 26 heavy (non-hydrogen) atoms. The highest BCUT2D eigenvalue weighted by molar-refractivity contribution is 6.05. The van der Waals surface area contributed by atoms with Crippen molar-refractivity contribution in [1.29, 1.82) is 0 Å². The summed E-state index contributed by atoms with van der Waals surface area (Å²) >= 11 is 0. The lowest BCUT2D eigenvalue weighted by molar-refractivity contribution is 0.102. The number of hydrogen-bond donors (Lipinski definition) is 1. The van der Waals surface area contributed by atoms with Crippen molar-refractivity contribution in [1.82, 2.24) is 4.98 Å². The van der Waals surface area contributed by atoms with E-state index >= 15 is 0 Å². The molecular formula is C19H25N3O4. The van der Waals surface area contributed by atoms with Gasteiger partial charge in [0.15, 0.2) is 11.5 Å². The Kier molecular flexibility index (Phi) is 6.66. The molecule has 0 aliphatic rings. The monoisotopic (exact) mass is 359 g/mol. The van der Waals surface area contributed by atoms with Crippen LogP contribution in [0.25, 0.3) is 0 Å². The third-order valence-electron chi connectivity index (χ3n) is 4.02. The van der Waals surface area contributed by atoms with Gasteiger partial charge in [-0.15, -0.1) is 0 Å². The Balaban J connectivity index is 2.22. The first-order chi connectivity index (χ1) is 12.6. The molecular weight excluding hydrogens is 334 g/mol. The fourth-order valence-corrected chi connectivity index (χ4v) is 2.61. The molecule has 1 N–H and O–H groups in total. The van der Waals surface area contributed by atoms with E-state index < -0.39 is 0 Å². The van der Waals surface area contributed by atoms with E-state index in [1.165, 1.54) is 21.3 Å². The number of hydrogen-bond acceptors (Lipinski definition) is 6. The summed E-state index contributed by atoms with van der Waals surface area (Å²) in [6, 6.07) is 6.93. The van der Waals surface area contributed by atoms with Crippen molar-refractivity contribution in [3.63, 3.8) is 0 Å². The Morgan fingerprint density at radius 1 is 1.04 bits per heavy atom. The third kappa shape index (κ3) is 4.17. The minimum atomic E-state index is -0.290. The molecule has 0 spiro atoms. The zero-order valence-corrected chi connectivity index (χ0v) is 15.8. The van der Waals surface area contributed by atoms with Gasteiger partial charge in [-0.1, -0.05) is 0 Å². The van der Waals surface area contributed by atoms with Crippen molar-refractivity contribution < 1.29 is 19.0 Å². The number of methoxy groups -OCH3 is 3. The Labute approximate surface area is 153 Å². The molecule has 2 rings (SSSR count). The SMILES string of the molecule is CCN(CC)c1ccc(NC(=O)c2cc(OC)c(OC)c(OC)c2)cn1. The van der Waals surface area contributed by atoms with Crippen molar-refractivity contribution >= 4 is 17.4 Å². The van der Waals surface area contributed by atoms with Crippen LogP contribution in [0.1, 0.15) is 24.2 Å². The molecule has 2 aromatic rings. The molecule has 7 heteroatoms. The number of carbonyl (C=O) groups excluding carboxylic acids is 1. The fourth-order valence-electron chi connectivity index (χ4n) is 2.61. The Morgan fingerprint density at radius 3 is 2.08 bits per heavy atom. The lowest BCUT2D eigenvalue weighted by Gasteiger charge is -2.19. The highest BCUT2D eigenvalue weighted by atomic mass is 16.5. The molecule has 1 amide bonds. The molecule has 7 nitrogen and oxygen atoms in total. The molecule has 0 radical (unpaired) electrons. The summed E-state index contributed by atoms with van der Waals surface area (Å²) in [5, 5.41) is 2.83. The summed E-state index contributed by atoms with van der Waals surface area (Å²) in [7, 11) is 4.53. The standard InChI is InChI=1S/C19H25N3O4/c1-6-22(7-2)17-9-8-14(12-20-17)21-19(23)13-10-15(24-3)18(26-5)16(11-13)25-4/h8-12H,6-7H2,1-5H3,(H,21,23). The normalized spacial score (nSPS) is 10.2. The molecule has 1 heterocycles. The van der Waals surface area contributed by atoms with Crippen molar-refractivity contribution in [2.75, 3.05) is 44.6 Å². The summed E-state index contributed by atoms with van der Waals surface area (Å²) < 4.78 is 15.8. The highest BCUT2D eigenvalue weighted by Crippen LogP contribution is 2.38. The molecule has 0 aliphatic carbocycles. The van der Waals surface area contributed by atoms with Gasteiger partial charge < -0.3 is 24.4 Å². The topological polar surface area (TPSA) is 72.9 Å². The first-order valence-electron chi connectivity index (χ1n) is 8.40. The lowest BCUT2D eigenvalue weighted by atomic mass is 10.1. The first kappa shape index (κ1) is 19.4. The minimum Gasteiger partial charge on any atom is -0.493 e. The van der Waals surface area contributed by atoms with Crippen LogP contribution < -0.4 is 24.4 Å². The van der Waals surface area contributed by atoms with Crippen LogP contribution >= 0.6 is 0 Å². The average molecular weight is 359 g/mol. The van der Waals surface area contributed by atoms with Gasteiger partial charge in [0.1, 0.15) is 5.82 Å². The molecule has 0 saturated heterocycles. The van der Waals surface area contributed by atoms with E-state index in [2.05, 4.69) is 29.0 Å². The second-order valence-electron chi connectivity index (χ2n) is 5.45. The van der Waals surface area contributed by atoms with E-state index in [4.69, 9.17) is 14.2 Å². The Morgan fingerprint density at radius 2 is 1.65 bits per heavy atom. The highest BCUT2D eigenvalue weighted by Gasteiger charge is 2.17. The largest absolute Gasteiger partial charge is 0.493 e. The van der Waals surface area contributed by atoms with Crippen LogP contribution in [-0.4, -0.2) is 45.3 Å². The van der Waals surface area contributed by atoms with Gasteiger partial charge in [0.25, 0.3) is 5.91 Å². The van der Waals surface area contributed by atoms with Gasteiger partial charge in [-0.3, -0.25) is 4.79 Å². The third-order valence-corrected chi connectivity index (χ3v) is 4.02. The van der Waals surface area contributed by atoms with Crippen molar-refractivity contribution in [3.8, 4) is 17.2 Å². The molecule has 0 aliphatic heterocycles. The molecule has 140 valence electrons. The van der Waals surface area contributed by atoms with Crippen LogP contribution in [0.3, 0.4) is 0 Å². The number of nitrogens with zero attached hydrogens (tertiary/aromatic N) is 2. The Bertz CT molecular complexity index is 718. The van der Waals surface area contributed by atoms with Gasteiger partial charge in [0, 0.05) is 18.7 Å². The number of pyridine rings is 1. The molecule has 1 aromatic carbocycles. The zero-order valence-electron chi connectivity index (χ0n) is 15.8. The molecule has 0 bridgehead atoms. The average Bonchev–Trinajstić information content (AvgIpc) is 2.68. The second kappa shape index (κ2) is 8.94. The summed E-state index contributed by atoms with van der Waals surface area (Å²) in [5.41, 5.74) is 1.01. The second-order valence-corrected chi connectivity index (χ2v) is 5.45. The van der Waals surface area contributed by atoms with E-state index in [1.807, 2.05) is 12.1 Å². The van der Waals surface area contributed by atoms with Gasteiger partial charge in [0.2, 0.25) is 5.75 Å². The number of nitrogens with one attached hydrogen (secondary N) is 1. The van der Waals surface area contributed by atoms with Crippen LogP contribution in [0, 0.1) is 0 Å².